The van der Waals surface area contributed by atoms with E-state index in [0.29, 0.717) is 12.1 Å². The minimum atomic E-state index is 0.410. The number of hydrogen-bond acceptors (Lipinski definition) is 3. The second-order valence-corrected chi connectivity index (χ2v) is 4.16. The summed E-state index contributed by atoms with van der Waals surface area (Å²) < 4.78 is 5.66. The molecule has 3 heteroatoms. The quantitative estimate of drug-likeness (QED) is 0.673. The monoisotopic (exact) mass is 200 g/mol. The summed E-state index contributed by atoms with van der Waals surface area (Å²) in [5, 5.41) is 3.19. The van der Waals surface area contributed by atoms with Crippen molar-refractivity contribution in [2.24, 2.45) is 0 Å². The summed E-state index contributed by atoms with van der Waals surface area (Å²) in [6, 6.07) is 0.642. The van der Waals surface area contributed by atoms with Crippen molar-refractivity contribution < 1.29 is 4.74 Å². The van der Waals surface area contributed by atoms with Crippen LogP contribution in [0.25, 0.3) is 0 Å². The van der Waals surface area contributed by atoms with Crippen LogP contribution in [0.2, 0.25) is 0 Å². The summed E-state index contributed by atoms with van der Waals surface area (Å²) in [5.74, 6) is 0. The highest BCUT2D eigenvalue weighted by Crippen LogP contribution is 2.14. The van der Waals surface area contributed by atoms with E-state index in [0.717, 1.165) is 19.7 Å². The summed E-state index contributed by atoms with van der Waals surface area (Å²) in [6.45, 7) is 8.74. The highest BCUT2D eigenvalue weighted by molar-refractivity contribution is 4.77. The van der Waals surface area contributed by atoms with Crippen molar-refractivity contribution in [3.63, 3.8) is 0 Å². The maximum Gasteiger partial charge on any atom is 0.0674 e. The van der Waals surface area contributed by atoms with Gasteiger partial charge in [-0.3, -0.25) is 4.90 Å². The lowest BCUT2D eigenvalue weighted by atomic mass is 10.1. The van der Waals surface area contributed by atoms with Crippen LogP contribution in [-0.4, -0.2) is 50.3 Å². The van der Waals surface area contributed by atoms with Gasteiger partial charge in [0.1, 0.15) is 0 Å². The van der Waals surface area contributed by atoms with Gasteiger partial charge in [0.15, 0.2) is 0 Å². The Morgan fingerprint density at radius 1 is 1.50 bits per heavy atom. The van der Waals surface area contributed by atoms with Gasteiger partial charge >= 0.3 is 0 Å². The van der Waals surface area contributed by atoms with Crippen LogP contribution in [0.15, 0.2) is 0 Å². The van der Waals surface area contributed by atoms with E-state index in [9.17, 15) is 0 Å². The number of nitrogens with zero attached hydrogens (tertiary/aromatic N) is 1. The minimum Gasteiger partial charge on any atom is -0.376 e. The Bertz CT molecular complexity index is 152. The molecule has 1 N–H and O–H groups in total. The zero-order valence-electron chi connectivity index (χ0n) is 9.75. The Morgan fingerprint density at radius 3 is 2.93 bits per heavy atom. The third-order valence-electron chi connectivity index (χ3n) is 2.92. The first-order valence-corrected chi connectivity index (χ1v) is 5.78. The Balaban J connectivity index is 2.29. The van der Waals surface area contributed by atoms with E-state index in [1.165, 1.54) is 19.4 Å². The molecule has 2 unspecified atom stereocenters. The topological polar surface area (TPSA) is 24.5 Å². The van der Waals surface area contributed by atoms with Crippen LogP contribution in [0.1, 0.15) is 26.7 Å². The van der Waals surface area contributed by atoms with Gasteiger partial charge in [-0.1, -0.05) is 6.92 Å². The molecule has 1 fully saturated rings. The Morgan fingerprint density at radius 2 is 2.29 bits per heavy atom. The molecule has 0 radical (unpaired) electrons. The van der Waals surface area contributed by atoms with Crippen LogP contribution < -0.4 is 5.32 Å². The van der Waals surface area contributed by atoms with Crippen LogP contribution in [0, 0.1) is 0 Å². The van der Waals surface area contributed by atoms with Crippen LogP contribution in [0.4, 0.5) is 0 Å². The second-order valence-electron chi connectivity index (χ2n) is 4.16. The molecule has 0 amide bonds. The molecule has 1 rings (SSSR count). The lowest BCUT2D eigenvalue weighted by Crippen LogP contribution is -2.49. The molecular formula is C11H24N2O. The Hall–Kier alpha value is -0.120. The molecule has 0 bridgehead atoms. The molecule has 0 aromatic heterocycles. The van der Waals surface area contributed by atoms with Crippen molar-refractivity contribution >= 4 is 0 Å². The average molecular weight is 200 g/mol. The van der Waals surface area contributed by atoms with E-state index in [2.05, 4.69) is 24.1 Å². The third-order valence-corrected chi connectivity index (χ3v) is 2.92. The molecule has 0 spiro atoms. The normalized spacial score (nSPS) is 29.4. The SMILES string of the molecule is CCC1COC(C)CN1CCCNC. The van der Waals surface area contributed by atoms with E-state index in [1.54, 1.807) is 0 Å². The highest BCUT2D eigenvalue weighted by atomic mass is 16.5. The first-order valence-electron chi connectivity index (χ1n) is 5.78. The number of nitrogens with one attached hydrogen (secondary N) is 1. The van der Waals surface area contributed by atoms with Crippen LogP contribution in [0.3, 0.4) is 0 Å². The third kappa shape index (κ3) is 3.56. The van der Waals surface area contributed by atoms with Gasteiger partial charge in [-0.05, 0) is 39.9 Å². The fraction of sp³-hybridized carbons (Fsp3) is 1.00. The van der Waals surface area contributed by atoms with Gasteiger partial charge in [0.05, 0.1) is 12.7 Å². The highest BCUT2D eigenvalue weighted by Gasteiger charge is 2.24. The molecule has 1 heterocycles. The van der Waals surface area contributed by atoms with Crippen molar-refractivity contribution in [1.29, 1.82) is 0 Å². The Kier molecular flexibility index (Phi) is 5.45. The molecular weight excluding hydrogens is 176 g/mol. The minimum absolute atomic E-state index is 0.410. The van der Waals surface area contributed by atoms with Crippen molar-refractivity contribution in [2.75, 3.05) is 33.3 Å². The number of morpholine rings is 1. The Labute approximate surface area is 87.8 Å². The average Bonchev–Trinajstić information content (AvgIpc) is 2.19. The van der Waals surface area contributed by atoms with Crippen LogP contribution in [-0.2, 0) is 4.74 Å². The molecule has 84 valence electrons. The van der Waals surface area contributed by atoms with Gasteiger partial charge < -0.3 is 10.1 Å². The predicted octanol–water partition coefficient (Wildman–Crippen LogP) is 1.10. The maximum absolute atomic E-state index is 5.66. The lowest BCUT2D eigenvalue weighted by Gasteiger charge is -2.38. The van der Waals surface area contributed by atoms with Gasteiger partial charge in [0.2, 0.25) is 0 Å². The standard InChI is InChI=1S/C11H24N2O/c1-4-11-9-14-10(2)8-13(11)7-5-6-12-3/h10-12H,4-9H2,1-3H3. The first-order chi connectivity index (χ1) is 6.77. The smallest absolute Gasteiger partial charge is 0.0674 e. The van der Waals surface area contributed by atoms with Gasteiger partial charge in [0.25, 0.3) is 0 Å². The molecule has 1 saturated heterocycles. The van der Waals surface area contributed by atoms with Gasteiger partial charge in [-0.15, -0.1) is 0 Å². The van der Waals surface area contributed by atoms with Gasteiger partial charge in [-0.25, -0.2) is 0 Å². The number of hydrogen-bond donors (Lipinski definition) is 1. The van der Waals surface area contributed by atoms with Gasteiger partial charge in [-0.2, -0.15) is 0 Å². The molecule has 0 aromatic carbocycles. The van der Waals surface area contributed by atoms with E-state index in [-0.39, 0.29) is 0 Å². The zero-order valence-corrected chi connectivity index (χ0v) is 9.75. The molecule has 1 aliphatic heterocycles. The van der Waals surface area contributed by atoms with Gasteiger partial charge in [0, 0.05) is 12.6 Å². The fourth-order valence-corrected chi connectivity index (χ4v) is 2.02. The summed E-state index contributed by atoms with van der Waals surface area (Å²) in [4.78, 5) is 2.57. The molecule has 2 atom stereocenters. The zero-order chi connectivity index (χ0) is 10.4. The molecule has 0 aliphatic carbocycles. The molecule has 3 nitrogen and oxygen atoms in total. The summed E-state index contributed by atoms with van der Waals surface area (Å²) in [6.07, 6.45) is 2.85. The van der Waals surface area contributed by atoms with Crippen LogP contribution >= 0.6 is 0 Å². The van der Waals surface area contributed by atoms with Crippen molar-refractivity contribution in [3.05, 3.63) is 0 Å². The van der Waals surface area contributed by atoms with E-state index >= 15 is 0 Å². The largest absolute Gasteiger partial charge is 0.376 e. The van der Waals surface area contributed by atoms with E-state index < -0.39 is 0 Å². The van der Waals surface area contributed by atoms with Crippen molar-refractivity contribution in [2.45, 2.75) is 38.8 Å². The van der Waals surface area contributed by atoms with E-state index in [1.807, 2.05) is 7.05 Å². The molecule has 1 aliphatic rings. The van der Waals surface area contributed by atoms with Crippen molar-refractivity contribution in [3.8, 4) is 0 Å². The maximum atomic E-state index is 5.66. The molecule has 0 saturated carbocycles. The fourth-order valence-electron chi connectivity index (χ4n) is 2.02. The van der Waals surface area contributed by atoms with Crippen LogP contribution in [0.5, 0.6) is 0 Å². The van der Waals surface area contributed by atoms with Crippen molar-refractivity contribution in [1.82, 2.24) is 10.2 Å². The lowest BCUT2D eigenvalue weighted by molar-refractivity contribution is -0.0558. The predicted molar refractivity (Wildman–Crippen MR) is 59.6 cm³/mol. The molecule has 0 aromatic rings. The molecule has 14 heavy (non-hydrogen) atoms. The number of ether oxygens (including phenoxy) is 1. The van der Waals surface area contributed by atoms with E-state index in [4.69, 9.17) is 4.74 Å². The number of rotatable bonds is 5. The summed E-state index contributed by atoms with van der Waals surface area (Å²) >= 11 is 0. The summed E-state index contributed by atoms with van der Waals surface area (Å²) in [5.41, 5.74) is 0. The first kappa shape index (κ1) is 12.0. The summed E-state index contributed by atoms with van der Waals surface area (Å²) in [7, 11) is 2.01. The second kappa shape index (κ2) is 6.38.